The van der Waals surface area contributed by atoms with E-state index in [1.54, 1.807) is 0 Å². The van der Waals surface area contributed by atoms with Crippen molar-refractivity contribution in [1.29, 1.82) is 0 Å². The van der Waals surface area contributed by atoms with Gasteiger partial charge >= 0.3 is 5.43 Å². The Morgan fingerprint density at radius 3 is 1.65 bits per heavy atom. The summed E-state index contributed by atoms with van der Waals surface area (Å²) in [7, 11) is -2.84. The van der Waals surface area contributed by atoms with E-state index in [9.17, 15) is 4.79 Å². The van der Waals surface area contributed by atoms with Gasteiger partial charge in [0.2, 0.25) is 0 Å². The third kappa shape index (κ3) is 3.68. The molecule has 1 aliphatic carbocycles. The van der Waals surface area contributed by atoms with Gasteiger partial charge in [-0.1, -0.05) is 86.1 Å². The zero-order chi connectivity index (χ0) is 19.3. The maximum absolute atomic E-state index is 11.2. The molecule has 0 saturated carbocycles. The van der Waals surface area contributed by atoms with Crippen LogP contribution in [-0.2, 0) is 4.74 Å². The molecule has 0 spiro atoms. The predicted molar refractivity (Wildman–Crippen MR) is 117 cm³/mol. The fourth-order valence-electron chi connectivity index (χ4n) is 3.62. The molecule has 0 bridgehead atoms. The Morgan fingerprint density at radius 2 is 1.31 bits per heavy atom. The van der Waals surface area contributed by atoms with E-state index in [2.05, 4.69) is 75.7 Å². The van der Waals surface area contributed by atoms with Gasteiger partial charge in [-0.3, -0.25) is 0 Å². The monoisotopic (exact) mass is 402 g/mol. The quantitative estimate of drug-likeness (QED) is 0.514. The lowest BCUT2D eigenvalue weighted by atomic mass is 9.98. The second kappa shape index (κ2) is 6.66. The molecule has 0 N–H and O–H groups in total. The van der Waals surface area contributed by atoms with Crippen molar-refractivity contribution >= 4 is 43.6 Å². The Kier molecular flexibility index (Phi) is 4.97. The highest BCUT2D eigenvalue weighted by Crippen LogP contribution is 2.44. The van der Waals surface area contributed by atoms with Crippen LogP contribution in [0.15, 0.2) is 36.4 Å². The summed E-state index contributed by atoms with van der Waals surface area (Å²) in [5.74, 6) is 0.0651. The van der Waals surface area contributed by atoms with E-state index in [1.165, 1.54) is 32.6 Å². The summed E-state index contributed by atoms with van der Waals surface area (Å²) in [6.07, 6.45) is 0. The minimum Gasteiger partial charge on any atom is -0.453 e. The molecule has 2 nitrogen and oxygen atoms in total. The van der Waals surface area contributed by atoms with Crippen LogP contribution < -0.4 is 10.4 Å². The molecule has 0 radical (unpaired) electrons. The second-order valence-electron chi connectivity index (χ2n) is 9.21. The van der Waals surface area contributed by atoms with Crippen LogP contribution in [-0.4, -0.2) is 28.2 Å². The van der Waals surface area contributed by atoms with Gasteiger partial charge < -0.3 is 4.74 Å². The summed E-state index contributed by atoms with van der Waals surface area (Å²) in [4.78, 5) is 11.2. The average Bonchev–Trinajstić information content (AvgIpc) is 2.83. The van der Waals surface area contributed by atoms with Gasteiger partial charge in [0.25, 0.3) is 0 Å². The molecule has 0 aliphatic heterocycles. The lowest BCUT2D eigenvalue weighted by molar-refractivity contribution is 0.170. The average molecular weight is 403 g/mol. The van der Waals surface area contributed by atoms with Gasteiger partial charge in [-0.05, 0) is 22.3 Å². The van der Waals surface area contributed by atoms with E-state index in [1.807, 2.05) is 0 Å². The van der Waals surface area contributed by atoms with Crippen LogP contribution in [0.3, 0.4) is 0 Å². The summed E-state index contributed by atoms with van der Waals surface area (Å²) in [5.41, 5.74) is 4.33. The molecule has 0 aromatic heterocycles. The van der Waals surface area contributed by atoms with Crippen LogP contribution in [0.2, 0.25) is 39.3 Å². The molecular formula is C21H27ClO2Si2. The molecule has 138 valence electrons. The second-order valence-corrected chi connectivity index (χ2v) is 19.7. The van der Waals surface area contributed by atoms with Gasteiger partial charge in [-0.2, -0.15) is 0 Å². The molecule has 1 aliphatic rings. The molecule has 0 amide bonds. The van der Waals surface area contributed by atoms with E-state index in [-0.39, 0.29) is 5.92 Å². The summed E-state index contributed by atoms with van der Waals surface area (Å²) >= 11 is 5.47. The van der Waals surface area contributed by atoms with Gasteiger partial charge in [0.15, 0.2) is 0 Å². The highest BCUT2D eigenvalue weighted by molar-refractivity contribution is 6.89. The zero-order valence-electron chi connectivity index (χ0n) is 16.4. The third-order valence-corrected chi connectivity index (χ3v) is 9.43. The molecular weight excluding hydrogens is 376 g/mol. The molecule has 26 heavy (non-hydrogen) atoms. The highest BCUT2D eigenvalue weighted by Gasteiger charge is 2.32. The first kappa shape index (κ1) is 19.4. The van der Waals surface area contributed by atoms with Crippen LogP contribution >= 0.6 is 11.6 Å². The minimum absolute atomic E-state index is 0.0651. The number of ether oxygens (including phenoxy) is 1. The highest BCUT2D eigenvalue weighted by atomic mass is 35.5. The lowest BCUT2D eigenvalue weighted by Crippen LogP contribution is -2.38. The van der Waals surface area contributed by atoms with Crippen LogP contribution in [0.4, 0.5) is 4.79 Å². The van der Waals surface area contributed by atoms with Crippen LogP contribution in [0.1, 0.15) is 17.0 Å². The Morgan fingerprint density at radius 1 is 0.885 bits per heavy atom. The Balaban J connectivity index is 2.14. The van der Waals surface area contributed by atoms with Gasteiger partial charge in [0.1, 0.15) is 6.61 Å². The van der Waals surface area contributed by atoms with Gasteiger partial charge in [0, 0.05) is 17.5 Å². The fourth-order valence-corrected chi connectivity index (χ4v) is 6.03. The van der Waals surface area contributed by atoms with Gasteiger partial charge in [-0.15, -0.1) is 0 Å². The first-order valence-corrected chi connectivity index (χ1v) is 16.5. The van der Waals surface area contributed by atoms with E-state index in [4.69, 9.17) is 16.3 Å². The molecule has 0 heterocycles. The standard InChI is InChI=1S/C21H27ClO2Si2/c1-25(2,3)14-7-9-16-17-10-8-15(26(4,5)6)12-19(17)20(18(16)11-14)13-24-21(22)23/h7-12,20H,13H2,1-6H3. The summed E-state index contributed by atoms with van der Waals surface area (Å²) in [5, 5.41) is 2.85. The Hall–Kier alpha value is -1.37. The van der Waals surface area contributed by atoms with Crippen molar-refractivity contribution in [3.05, 3.63) is 47.5 Å². The number of carbonyl (C=O) groups is 1. The minimum atomic E-state index is -1.42. The summed E-state index contributed by atoms with van der Waals surface area (Å²) < 4.78 is 5.24. The first-order valence-electron chi connectivity index (χ1n) is 9.10. The smallest absolute Gasteiger partial charge is 0.403 e. The normalized spacial score (nSPS) is 14.1. The van der Waals surface area contributed by atoms with E-state index < -0.39 is 21.6 Å². The van der Waals surface area contributed by atoms with Crippen molar-refractivity contribution in [1.82, 2.24) is 0 Å². The fraction of sp³-hybridized carbons (Fsp3) is 0.381. The number of fused-ring (bicyclic) bond motifs is 3. The van der Waals surface area contributed by atoms with Crippen molar-refractivity contribution in [3.63, 3.8) is 0 Å². The summed E-state index contributed by atoms with van der Waals surface area (Å²) in [6, 6.07) is 13.7. The van der Waals surface area contributed by atoms with Crippen LogP contribution in [0, 0.1) is 0 Å². The SMILES string of the molecule is C[Si](C)(C)c1ccc2c(c1)C(COC(=O)Cl)c1cc([Si](C)(C)C)ccc1-2. The molecule has 2 aromatic rings. The number of carbonyl (C=O) groups excluding carboxylic acids is 1. The lowest BCUT2D eigenvalue weighted by Gasteiger charge is -2.21. The molecule has 5 heteroatoms. The van der Waals surface area contributed by atoms with Crippen molar-refractivity contribution in [2.75, 3.05) is 6.61 Å². The predicted octanol–water partition coefficient (Wildman–Crippen LogP) is 5.26. The topological polar surface area (TPSA) is 26.3 Å². The Labute approximate surface area is 163 Å². The maximum Gasteiger partial charge on any atom is 0.403 e. The molecule has 0 atom stereocenters. The third-order valence-electron chi connectivity index (χ3n) is 5.24. The van der Waals surface area contributed by atoms with Crippen molar-refractivity contribution in [2.45, 2.75) is 45.2 Å². The molecule has 2 aromatic carbocycles. The van der Waals surface area contributed by atoms with Gasteiger partial charge in [-0.25, -0.2) is 4.79 Å². The Bertz CT molecular complexity index is 800. The number of hydrogen-bond acceptors (Lipinski definition) is 2. The summed E-state index contributed by atoms with van der Waals surface area (Å²) in [6.45, 7) is 14.4. The van der Waals surface area contributed by atoms with Gasteiger partial charge in [0.05, 0.1) is 16.1 Å². The molecule has 0 fully saturated rings. The number of halogens is 1. The number of benzene rings is 2. The van der Waals surface area contributed by atoms with Crippen molar-refractivity contribution in [3.8, 4) is 11.1 Å². The van der Waals surface area contributed by atoms with Crippen LogP contribution in [0.25, 0.3) is 11.1 Å². The van der Waals surface area contributed by atoms with Crippen molar-refractivity contribution < 1.29 is 9.53 Å². The van der Waals surface area contributed by atoms with E-state index in [0.717, 1.165) is 0 Å². The van der Waals surface area contributed by atoms with Crippen molar-refractivity contribution in [2.24, 2.45) is 0 Å². The van der Waals surface area contributed by atoms with E-state index >= 15 is 0 Å². The van der Waals surface area contributed by atoms with E-state index in [0.29, 0.717) is 6.61 Å². The molecule has 0 unspecified atom stereocenters. The first-order chi connectivity index (χ1) is 12.0. The zero-order valence-corrected chi connectivity index (χ0v) is 19.2. The number of rotatable bonds is 4. The molecule has 3 rings (SSSR count). The number of hydrogen-bond donors (Lipinski definition) is 0. The maximum atomic E-state index is 11.2. The van der Waals surface area contributed by atoms with Crippen LogP contribution in [0.5, 0.6) is 0 Å². The molecule has 0 saturated heterocycles. The largest absolute Gasteiger partial charge is 0.453 e.